The molecule has 1 amide bonds. The van der Waals surface area contributed by atoms with Crippen molar-refractivity contribution in [2.45, 2.75) is 25.4 Å². The zero-order chi connectivity index (χ0) is 15.3. The molecular formula is C15H22N2O3S. The highest BCUT2D eigenvalue weighted by atomic mass is 32.2. The molecule has 0 aromatic heterocycles. The van der Waals surface area contributed by atoms with Gasteiger partial charge in [-0.05, 0) is 19.0 Å². The first-order valence-corrected chi connectivity index (χ1v) is 9.00. The van der Waals surface area contributed by atoms with Gasteiger partial charge < -0.3 is 10.2 Å². The number of benzene rings is 1. The van der Waals surface area contributed by atoms with Crippen LogP contribution in [0, 0.1) is 0 Å². The van der Waals surface area contributed by atoms with Crippen molar-refractivity contribution in [2.24, 2.45) is 0 Å². The van der Waals surface area contributed by atoms with E-state index in [0.717, 1.165) is 5.56 Å². The average molecular weight is 310 g/mol. The standard InChI is InChI=1S/C15H22N2O3S/c1-17(14-8-10-21(19,20)12-14)9-7-15(18)16-11-13-5-3-2-4-6-13/h2-6,14H,7-12H2,1H3,(H,16,18). The van der Waals surface area contributed by atoms with E-state index in [0.29, 0.717) is 25.9 Å². The van der Waals surface area contributed by atoms with Gasteiger partial charge in [-0.2, -0.15) is 0 Å². The molecule has 1 saturated heterocycles. The monoisotopic (exact) mass is 310 g/mol. The second-order valence-corrected chi connectivity index (χ2v) is 7.78. The normalized spacial score (nSPS) is 20.6. The smallest absolute Gasteiger partial charge is 0.221 e. The van der Waals surface area contributed by atoms with Crippen molar-refractivity contribution in [3.05, 3.63) is 35.9 Å². The number of amides is 1. The predicted molar refractivity (Wildman–Crippen MR) is 82.6 cm³/mol. The molecule has 1 aliphatic rings. The summed E-state index contributed by atoms with van der Waals surface area (Å²) in [7, 11) is -0.983. The quantitative estimate of drug-likeness (QED) is 0.844. The van der Waals surface area contributed by atoms with Crippen molar-refractivity contribution in [3.63, 3.8) is 0 Å². The topological polar surface area (TPSA) is 66.5 Å². The van der Waals surface area contributed by atoms with Gasteiger partial charge in [-0.1, -0.05) is 30.3 Å². The van der Waals surface area contributed by atoms with Crippen molar-refractivity contribution in [1.82, 2.24) is 10.2 Å². The minimum absolute atomic E-state index is 0.00782. The minimum atomic E-state index is -2.87. The van der Waals surface area contributed by atoms with Crippen LogP contribution in [-0.2, 0) is 21.2 Å². The van der Waals surface area contributed by atoms with Gasteiger partial charge in [0.2, 0.25) is 5.91 Å². The second-order valence-electron chi connectivity index (χ2n) is 5.55. The zero-order valence-electron chi connectivity index (χ0n) is 12.3. The summed E-state index contributed by atoms with van der Waals surface area (Å²) in [4.78, 5) is 13.8. The molecule has 1 atom stereocenters. The van der Waals surface area contributed by atoms with Crippen molar-refractivity contribution >= 4 is 15.7 Å². The number of nitrogens with zero attached hydrogens (tertiary/aromatic N) is 1. The van der Waals surface area contributed by atoms with Gasteiger partial charge in [0.15, 0.2) is 9.84 Å². The van der Waals surface area contributed by atoms with Gasteiger partial charge in [0.25, 0.3) is 0 Å². The second kappa shape index (κ2) is 7.04. The summed E-state index contributed by atoms with van der Waals surface area (Å²) in [5, 5.41) is 2.88. The van der Waals surface area contributed by atoms with Crippen LogP contribution in [-0.4, -0.2) is 50.4 Å². The first kappa shape index (κ1) is 16.0. The summed E-state index contributed by atoms with van der Waals surface area (Å²) in [6, 6.07) is 9.81. The van der Waals surface area contributed by atoms with Crippen LogP contribution in [0.5, 0.6) is 0 Å². The average Bonchev–Trinajstić information content (AvgIpc) is 2.84. The van der Waals surface area contributed by atoms with Crippen molar-refractivity contribution in [3.8, 4) is 0 Å². The fourth-order valence-electron chi connectivity index (χ4n) is 2.47. The Labute approximate surface area is 126 Å². The van der Waals surface area contributed by atoms with E-state index in [1.807, 2.05) is 42.3 Å². The van der Waals surface area contributed by atoms with E-state index in [4.69, 9.17) is 0 Å². The molecule has 1 aromatic rings. The van der Waals surface area contributed by atoms with E-state index in [1.165, 1.54) is 0 Å². The van der Waals surface area contributed by atoms with Gasteiger partial charge in [0.1, 0.15) is 0 Å². The lowest BCUT2D eigenvalue weighted by atomic mass is 10.2. The Bertz CT molecular complexity index is 572. The molecule has 6 heteroatoms. The zero-order valence-corrected chi connectivity index (χ0v) is 13.1. The van der Waals surface area contributed by atoms with E-state index in [2.05, 4.69) is 5.32 Å². The summed E-state index contributed by atoms with van der Waals surface area (Å²) in [5.74, 6) is 0.476. The van der Waals surface area contributed by atoms with Gasteiger partial charge in [-0.25, -0.2) is 8.42 Å². The molecule has 0 bridgehead atoms. The van der Waals surface area contributed by atoms with Gasteiger partial charge in [-0.15, -0.1) is 0 Å². The Morgan fingerprint density at radius 3 is 2.67 bits per heavy atom. The summed E-state index contributed by atoms with van der Waals surface area (Å²) in [5.41, 5.74) is 1.07. The molecule has 2 rings (SSSR count). The molecule has 1 aromatic carbocycles. The first-order valence-electron chi connectivity index (χ1n) is 7.17. The first-order chi connectivity index (χ1) is 9.96. The fourth-order valence-corrected chi connectivity index (χ4v) is 4.27. The lowest BCUT2D eigenvalue weighted by Gasteiger charge is -2.22. The van der Waals surface area contributed by atoms with Crippen LogP contribution in [0.2, 0.25) is 0 Å². The van der Waals surface area contributed by atoms with E-state index < -0.39 is 9.84 Å². The lowest BCUT2D eigenvalue weighted by molar-refractivity contribution is -0.121. The minimum Gasteiger partial charge on any atom is -0.352 e. The molecule has 1 heterocycles. The van der Waals surface area contributed by atoms with E-state index in [1.54, 1.807) is 0 Å². The molecule has 1 fully saturated rings. The van der Waals surface area contributed by atoms with Crippen molar-refractivity contribution in [1.29, 1.82) is 0 Å². The highest BCUT2D eigenvalue weighted by Crippen LogP contribution is 2.16. The molecule has 1 aliphatic heterocycles. The van der Waals surface area contributed by atoms with Gasteiger partial charge >= 0.3 is 0 Å². The Morgan fingerprint density at radius 1 is 1.33 bits per heavy atom. The van der Waals surface area contributed by atoms with Crippen molar-refractivity contribution in [2.75, 3.05) is 25.1 Å². The summed E-state index contributed by atoms with van der Waals surface area (Å²) in [6.45, 7) is 1.11. The van der Waals surface area contributed by atoms with Gasteiger partial charge in [-0.3, -0.25) is 4.79 Å². The molecule has 21 heavy (non-hydrogen) atoms. The number of sulfone groups is 1. The number of hydrogen-bond donors (Lipinski definition) is 1. The number of rotatable bonds is 6. The molecule has 5 nitrogen and oxygen atoms in total. The van der Waals surface area contributed by atoms with Crippen LogP contribution in [0.4, 0.5) is 0 Å². The lowest BCUT2D eigenvalue weighted by Crippen LogP contribution is -2.36. The predicted octanol–water partition coefficient (Wildman–Crippen LogP) is 0.812. The van der Waals surface area contributed by atoms with Gasteiger partial charge in [0.05, 0.1) is 11.5 Å². The Hall–Kier alpha value is -1.40. The van der Waals surface area contributed by atoms with Crippen LogP contribution < -0.4 is 5.32 Å². The molecular weight excluding hydrogens is 288 g/mol. The number of carbonyl (C=O) groups is 1. The maximum absolute atomic E-state index is 11.8. The SMILES string of the molecule is CN(CCC(=O)NCc1ccccc1)C1CCS(=O)(=O)C1. The Balaban J connectivity index is 1.69. The van der Waals surface area contributed by atoms with Crippen LogP contribution in [0.1, 0.15) is 18.4 Å². The summed E-state index contributed by atoms with van der Waals surface area (Å²) >= 11 is 0. The molecule has 0 spiro atoms. The third-order valence-corrected chi connectivity index (χ3v) is 5.61. The van der Waals surface area contributed by atoms with E-state index in [9.17, 15) is 13.2 Å². The van der Waals surface area contributed by atoms with Crippen molar-refractivity contribution < 1.29 is 13.2 Å². The third kappa shape index (κ3) is 5.13. The molecule has 0 radical (unpaired) electrons. The number of carbonyl (C=O) groups excluding carboxylic acids is 1. The number of hydrogen-bond acceptors (Lipinski definition) is 4. The molecule has 116 valence electrons. The molecule has 0 aliphatic carbocycles. The number of nitrogens with one attached hydrogen (secondary N) is 1. The molecule has 1 N–H and O–H groups in total. The third-order valence-electron chi connectivity index (χ3n) is 3.86. The van der Waals surface area contributed by atoms with E-state index in [-0.39, 0.29) is 23.5 Å². The Kier molecular flexibility index (Phi) is 5.36. The summed E-state index contributed by atoms with van der Waals surface area (Å²) in [6.07, 6.45) is 1.06. The summed E-state index contributed by atoms with van der Waals surface area (Å²) < 4.78 is 22.9. The van der Waals surface area contributed by atoms with E-state index >= 15 is 0 Å². The molecule has 0 saturated carbocycles. The van der Waals surface area contributed by atoms with Gasteiger partial charge in [0, 0.05) is 25.6 Å². The highest BCUT2D eigenvalue weighted by Gasteiger charge is 2.30. The Morgan fingerprint density at radius 2 is 2.05 bits per heavy atom. The highest BCUT2D eigenvalue weighted by molar-refractivity contribution is 7.91. The van der Waals surface area contributed by atoms with Crippen LogP contribution >= 0.6 is 0 Å². The maximum Gasteiger partial charge on any atom is 0.221 e. The van der Waals surface area contributed by atoms with Crippen LogP contribution in [0.15, 0.2) is 30.3 Å². The maximum atomic E-state index is 11.8. The molecule has 1 unspecified atom stereocenters. The van der Waals surface area contributed by atoms with Crippen LogP contribution in [0.3, 0.4) is 0 Å². The fraction of sp³-hybridized carbons (Fsp3) is 0.533. The van der Waals surface area contributed by atoms with Crippen LogP contribution in [0.25, 0.3) is 0 Å². The largest absolute Gasteiger partial charge is 0.352 e.